The number of quaternary nitrogens is 3. The number of nitrogens with zero attached hydrogens (tertiary/aromatic N) is 7. The normalized spacial score (nSPS) is 14.5. The van der Waals surface area contributed by atoms with Crippen LogP contribution in [0.3, 0.4) is 0 Å². The summed E-state index contributed by atoms with van der Waals surface area (Å²) in [6.45, 7) is 21.2. The molecule has 0 amide bonds. The van der Waals surface area contributed by atoms with Crippen LogP contribution in [0.15, 0.2) is 127 Å². The van der Waals surface area contributed by atoms with Gasteiger partial charge in [-0.3, -0.25) is 18.3 Å². The Morgan fingerprint density at radius 2 is 0.536 bits per heavy atom. The monoisotopic (exact) mass is 1300 g/mol. The first-order valence-corrected chi connectivity index (χ1v) is 34.2. The van der Waals surface area contributed by atoms with Gasteiger partial charge in [0.05, 0.1) is 102 Å². The number of aromatic nitrogens is 3. The second-order valence-corrected chi connectivity index (χ2v) is 32.8. The van der Waals surface area contributed by atoms with Crippen LogP contribution in [0.1, 0.15) is 163 Å². The lowest BCUT2D eigenvalue weighted by Crippen LogP contribution is -2.35. The maximum Gasteiger partial charge on any atom is 0.140 e. The van der Waals surface area contributed by atoms with Crippen LogP contribution in [0.25, 0.3) is 0 Å². The largest absolute Gasteiger partial charge is 0.496 e. The van der Waals surface area contributed by atoms with Gasteiger partial charge >= 0.3 is 0 Å². The van der Waals surface area contributed by atoms with Crippen LogP contribution in [0.5, 0.6) is 34.5 Å². The highest BCUT2D eigenvalue weighted by atomic mass is 16.5. The predicted octanol–water partition coefficient (Wildman–Crippen LogP) is 17.1. The number of ether oxygens (including phenoxy) is 6. The van der Waals surface area contributed by atoms with Crippen LogP contribution < -0.4 is 46.8 Å². The Hall–Kier alpha value is -8.75. The smallest absolute Gasteiger partial charge is 0.140 e. The van der Waals surface area contributed by atoms with Gasteiger partial charge in [0, 0.05) is 108 Å². The van der Waals surface area contributed by atoms with E-state index in [4.69, 9.17) is 43.4 Å². The molecule has 3 aromatic heterocycles. The van der Waals surface area contributed by atoms with E-state index < -0.39 is 0 Å². The average Bonchev–Trinajstić information content (AvgIpc) is 0.773. The number of anilines is 3. The molecular weight excluding hydrogens is 1200 g/mol. The molecule has 12 rings (SSSR count). The quantitative estimate of drug-likeness (QED) is 0.150. The van der Waals surface area contributed by atoms with Crippen LogP contribution in [0.2, 0.25) is 0 Å². The van der Waals surface area contributed by atoms with Gasteiger partial charge < -0.3 is 28.4 Å². The topological polar surface area (TPSA) is 97.3 Å². The second kappa shape index (κ2) is 25.6. The molecule has 13 nitrogen and oxygen atoms in total. The van der Waals surface area contributed by atoms with Crippen molar-refractivity contribution in [3.8, 4) is 34.5 Å². The number of benzene rings is 6. The summed E-state index contributed by atoms with van der Waals surface area (Å²) < 4.78 is 45.0. The van der Waals surface area contributed by atoms with Crippen molar-refractivity contribution in [1.29, 1.82) is 0 Å². The number of methoxy groups -OCH3 is 3. The van der Waals surface area contributed by atoms with Gasteiger partial charge in [-0.2, -0.15) is 0 Å². The van der Waals surface area contributed by atoms with Gasteiger partial charge in [-0.15, -0.1) is 0 Å². The molecule has 9 aromatic rings. The predicted molar refractivity (Wildman–Crippen MR) is 397 cm³/mol. The molecule has 97 heavy (non-hydrogen) atoms. The van der Waals surface area contributed by atoms with Crippen LogP contribution in [0.4, 0.5) is 34.5 Å². The van der Waals surface area contributed by atoms with E-state index >= 15 is 0 Å². The van der Waals surface area contributed by atoms with Crippen molar-refractivity contribution in [2.75, 3.05) is 89.7 Å². The number of rotatable bonds is 6. The molecule has 0 saturated carbocycles. The Morgan fingerprint density at radius 1 is 0.320 bits per heavy atom. The fraction of sp³-hybridized carbons (Fsp3) is 0.393. The molecule has 6 heterocycles. The molecule has 0 unspecified atom stereocenters. The van der Waals surface area contributed by atoms with Crippen molar-refractivity contribution >= 4 is 34.5 Å². The molecule has 6 aromatic carbocycles. The molecule has 0 radical (unpaired) electrons. The summed E-state index contributed by atoms with van der Waals surface area (Å²) in [6.07, 6.45) is 2.99. The summed E-state index contributed by atoms with van der Waals surface area (Å²) in [5.74, 6) is 6.73. The number of hydrogen-bond acceptors (Lipinski definition) is 10. The van der Waals surface area contributed by atoms with Gasteiger partial charge in [0.1, 0.15) is 88.8 Å². The first-order valence-electron chi connectivity index (χ1n) is 34.2. The SMILES string of the molecule is COc1c2cc(C(C)(C)C)cc1Cc1cc([N+](C)(C)C)cc3c1OCc1cccc(n1)N1c4cccc(n4)COc4c(cc([N+](C)(C)C)cc4Cc4cc(C(C)(C)C)cc(c4OC)Cc4cc([N+](C)(C)C)cc(c4OCc4cccc1n4)Cc1cc(C(C)(C)C)cc(c1OC)C3)C2. The average molecular weight is 1310 g/mol. The number of pyridine rings is 3. The van der Waals surface area contributed by atoms with Crippen molar-refractivity contribution in [3.63, 3.8) is 0 Å². The molecule has 0 spiro atoms. The summed E-state index contributed by atoms with van der Waals surface area (Å²) in [6, 6.07) is 46.7. The number of hydrogen-bond donors (Lipinski definition) is 0. The Morgan fingerprint density at radius 3 is 0.722 bits per heavy atom. The van der Waals surface area contributed by atoms with Crippen molar-refractivity contribution in [2.45, 2.75) is 137 Å². The highest BCUT2D eigenvalue weighted by Crippen LogP contribution is 2.47. The third-order valence-electron chi connectivity index (χ3n) is 19.4. The van der Waals surface area contributed by atoms with E-state index in [1.807, 2.05) is 80.8 Å². The van der Waals surface area contributed by atoms with E-state index in [1.165, 1.54) is 16.7 Å². The van der Waals surface area contributed by atoms with Crippen molar-refractivity contribution < 1.29 is 28.4 Å². The lowest BCUT2D eigenvalue weighted by molar-refractivity contribution is 0.294. The van der Waals surface area contributed by atoms with Gasteiger partial charge in [0.15, 0.2) is 0 Å². The first kappa shape index (κ1) is 68.2. The lowest BCUT2D eigenvalue weighted by Gasteiger charge is -2.29. The molecule has 13 heteroatoms. The molecule has 0 aliphatic carbocycles. The summed E-state index contributed by atoms with van der Waals surface area (Å²) in [7, 11) is 25.7. The van der Waals surface area contributed by atoms with Gasteiger partial charge in [-0.25, -0.2) is 15.0 Å². The second-order valence-electron chi connectivity index (χ2n) is 32.8. The highest BCUT2D eigenvalue weighted by molar-refractivity contribution is 5.71. The molecule has 506 valence electrons. The molecule has 0 fully saturated rings. The van der Waals surface area contributed by atoms with Crippen LogP contribution in [-0.2, 0) is 74.6 Å². The maximum absolute atomic E-state index is 7.57. The minimum Gasteiger partial charge on any atom is -0.496 e. The Balaban J connectivity index is 1.29. The Labute approximate surface area is 577 Å². The minimum atomic E-state index is -0.245. The fourth-order valence-corrected chi connectivity index (χ4v) is 13.9. The molecule has 3 aliphatic heterocycles. The summed E-state index contributed by atoms with van der Waals surface area (Å²) in [4.78, 5) is 18.6. The third-order valence-corrected chi connectivity index (χ3v) is 19.4. The van der Waals surface area contributed by atoms with E-state index in [9.17, 15) is 0 Å². The van der Waals surface area contributed by atoms with Gasteiger partial charge in [0.2, 0.25) is 0 Å². The Kier molecular flexibility index (Phi) is 18.0. The molecular formula is C84H102N7O6+3. The highest BCUT2D eigenvalue weighted by Gasteiger charge is 2.33. The van der Waals surface area contributed by atoms with Gasteiger partial charge in [0.25, 0.3) is 0 Å². The zero-order valence-electron chi connectivity index (χ0n) is 61.6. The summed E-state index contributed by atoms with van der Waals surface area (Å²) >= 11 is 0. The van der Waals surface area contributed by atoms with E-state index in [2.05, 4.69) is 199 Å². The zero-order chi connectivity index (χ0) is 69.5. The summed E-state index contributed by atoms with van der Waals surface area (Å²) in [5.41, 5.74) is 21.0. The van der Waals surface area contributed by atoms with E-state index in [1.54, 1.807) is 0 Å². The summed E-state index contributed by atoms with van der Waals surface area (Å²) in [5, 5.41) is 0. The van der Waals surface area contributed by atoms with E-state index in [0.29, 0.717) is 69.4 Å². The Bertz CT molecular complexity index is 3910. The number of fused-ring (bicyclic) bond motifs is 9. The third kappa shape index (κ3) is 14.3. The van der Waals surface area contributed by atoms with E-state index in [0.717, 1.165) is 135 Å². The maximum atomic E-state index is 7.57. The molecule has 0 atom stereocenters. The van der Waals surface area contributed by atoms with Crippen LogP contribution >= 0.6 is 0 Å². The van der Waals surface area contributed by atoms with Gasteiger partial charge in [-0.1, -0.05) is 117 Å². The van der Waals surface area contributed by atoms with E-state index in [-0.39, 0.29) is 36.1 Å². The standard InChI is InChI=1S/C84H102N7O6/c1-82(2,3)64-37-52-31-58-43-70(89(10,11)12)45-60-33-54-39-65(83(4,5)6)41-56(77(54)93-20)35-62-47-72(91(16,17)18)48-63-36-57-42-66(84(7,8)9)40-55(78(57)94-21)34-61-46-71(90(13,14)15)44-59(32-53(38-64)76(52)92-19)80(61)96-50-68-26-23-29-74(86-68)88(73-28-22-25-67(85-73)49-95-79(58)60)75-30-24-27-69(87-75)51-97-81(62)63/h22-30,37-48H,31-36,49-51H2,1-21H3/q+3. The molecule has 0 saturated heterocycles. The van der Waals surface area contributed by atoms with Crippen LogP contribution in [-0.4, -0.2) is 99.7 Å². The lowest BCUT2D eigenvalue weighted by atomic mass is 9.81. The fourth-order valence-electron chi connectivity index (χ4n) is 13.9. The molecule has 0 N–H and O–H groups in total. The molecule has 16 bridgehead atoms. The van der Waals surface area contributed by atoms with Crippen molar-refractivity contribution in [3.05, 3.63) is 228 Å². The van der Waals surface area contributed by atoms with Gasteiger partial charge in [-0.05, 0) is 103 Å². The zero-order valence-corrected chi connectivity index (χ0v) is 61.6. The van der Waals surface area contributed by atoms with Crippen molar-refractivity contribution in [1.82, 2.24) is 28.4 Å². The minimum absolute atomic E-state index is 0.164. The first-order chi connectivity index (χ1) is 45.6. The molecule has 3 aliphatic rings. The van der Waals surface area contributed by atoms with Crippen molar-refractivity contribution in [2.24, 2.45) is 0 Å². The van der Waals surface area contributed by atoms with Crippen LogP contribution in [0, 0.1) is 0 Å².